The molecule has 1 aliphatic rings. The predicted molar refractivity (Wildman–Crippen MR) is 104 cm³/mol. The lowest BCUT2D eigenvalue weighted by Gasteiger charge is -2.22. The number of nitrogens with one attached hydrogen (secondary N) is 3. The zero-order valence-electron chi connectivity index (χ0n) is 14.8. The molecule has 0 saturated heterocycles. The summed E-state index contributed by atoms with van der Waals surface area (Å²) in [6, 6.07) is 6.91. The second-order valence-electron chi connectivity index (χ2n) is 6.60. The van der Waals surface area contributed by atoms with Crippen LogP contribution in [0.15, 0.2) is 29.2 Å². The van der Waals surface area contributed by atoms with Crippen LogP contribution in [-0.4, -0.2) is 40.6 Å². The topological polar surface area (TPSA) is 70.2 Å². The van der Waals surface area contributed by atoms with Crippen LogP contribution >= 0.6 is 11.6 Å². The summed E-state index contributed by atoms with van der Waals surface area (Å²) in [5, 5.41) is 7.54. The first-order valence-electron chi connectivity index (χ1n) is 9.27. The van der Waals surface area contributed by atoms with Gasteiger partial charge in [0.1, 0.15) is 0 Å². The van der Waals surface area contributed by atoms with Gasteiger partial charge >= 0.3 is 0 Å². The van der Waals surface area contributed by atoms with Crippen molar-refractivity contribution in [2.75, 3.05) is 26.2 Å². The van der Waals surface area contributed by atoms with Gasteiger partial charge < -0.3 is 10.6 Å². The van der Waals surface area contributed by atoms with Crippen LogP contribution in [0, 0.1) is 0 Å². The second kappa shape index (κ2) is 11.1. The minimum atomic E-state index is -3.43. The fraction of sp³-hybridized carbons (Fsp3) is 0.667. The van der Waals surface area contributed by atoms with E-state index < -0.39 is 10.0 Å². The van der Waals surface area contributed by atoms with E-state index in [9.17, 15) is 8.42 Å². The highest BCUT2D eigenvalue weighted by molar-refractivity contribution is 7.89. The normalized spacial score (nSPS) is 16.2. The van der Waals surface area contributed by atoms with Gasteiger partial charge in [-0.2, -0.15) is 0 Å². The van der Waals surface area contributed by atoms with E-state index in [1.54, 1.807) is 12.1 Å². The van der Waals surface area contributed by atoms with Crippen molar-refractivity contribution < 1.29 is 8.42 Å². The molecule has 0 amide bonds. The third kappa shape index (κ3) is 8.05. The van der Waals surface area contributed by atoms with Gasteiger partial charge in [0.15, 0.2) is 0 Å². The quantitative estimate of drug-likeness (QED) is 0.510. The molecule has 0 unspecified atom stereocenters. The van der Waals surface area contributed by atoms with Crippen molar-refractivity contribution in [1.29, 1.82) is 0 Å². The van der Waals surface area contributed by atoms with Crippen LogP contribution in [0.2, 0.25) is 5.02 Å². The van der Waals surface area contributed by atoms with Crippen LogP contribution in [0.1, 0.15) is 44.9 Å². The molecule has 0 atom stereocenters. The Bertz CT molecular complexity index is 587. The van der Waals surface area contributed by atoms with Crippen LogP contribution in [0.4, 0.5) is 0 Å². The minimum Gasteiger partial charge on any atom is -0.315 e. The summed E-state index contributed by atoms with van der Waals surface area (Å²) in [5.41, 5.74) is 0. The van der Waals surface area contributed by atoms with Crippen LogP contribution in [-0.2, 0) is 10.0 Å². The van der Waals surface area contributed by atoms with Crippen molar-refractivity contribution in [3.63, 3.8) is 0 Å². The van der Waals surface area contributed by atoms with Gasteiger partial charge in [-0.15, -0.1) is 0 Å². The fourth-order valence-corrected chi connectivity index (χ4v) is 4.28. The smallest absolute Gasteiger partial charge is 0.240 e. The van der Waals surface area contributed by atoms with Crippen molar-refractivity contribution in [1.82, 2.24) is 15.4 Å². The van der Waals surface area contributed by atoms with Crippen molar-refractivity contribution in [2.45, 2.75) is 55.9 Å². The molecule has 1 aromatic rings. The number of unbranched alkanes of at least 4 members (excludes halogenated alkanes) is 1. The van der Waals surface area contributed by atoms with Crippen LogP contribution in [0.3, 0.4) is 0 Å². The first-order chi connectivity index (χ1) is 12.1. The van der Waals surface area contributed by atoms with E-state index in [2.05, 4.69) is 15.4 Å². The molecule has 1 saturated carbocycles. The third-order valence-electron chi connectivity index (χ3n) is 4.54. The Hall–Kier alpha value is -0.660. The maximum atomic E-state index is 12.1. The number of halogens is 1. The second-order valence-corrected chi connectivity index (χ2v) is 8.80. The summed E-state index contributed by atoms with van der Waals surface area (Å²) in [5.74, 6) is 0. The Balaban J connectivity index is 1.48. The number of rotatable bonds is 11. The molecule has 0 radical (unpaired) electrons. The van der Waals surface area contributed by atoms with Gasteiger partial charge in [0.2, 0.25) is 10.0 Å². The van der Waals surface area contributed by atoms with Gasteiger partial charge in [0.25, 0.3) is 0 Å². The third-order valence-corrected chi connectivity index (χ3v) is 6.27. The van der Waals surface area contributed by atoms with Crippen molar-refractivity contribution in [3.05, 3.63) is 29.3 Å². The van der Waals surface area contributed by atoms with E-state index in [-0.39, 0.29) is 4.90 Å². The van der Waals surface area contributed by atoms with E-state index in [1.165, 1.54) is 44.2 Å². The van der Waals surface area contributed by atoms with Gasteiger partial charge in [-0.05, 0) is 56.5 Å². The summed E-state index contributed by atoms with van der Waals surface area (Å²) in [7, 11) is -3.43. The van der Waals surface area contributed by atoms with Crippen LogP contribution in [0.5, 0.6) is 0 Å². The maximum absolute atomic E-state index is 12.1. The van der Waals surface area contributed by atoms with E-state index in [0.29, 0.717) is 17.6 Å². The number of hydrogen-bond acceptors (Lipinski definition) is 4. The Morgan fingerprint density at radius 1 is 0.920 bits per heavy atom. The van der Waals surface area contributed by atoms with Gasteiger partial charge in [0, 0.05) is 30.7 Å². The predicted octanol–water partition coefficient (Wildman–Crippen LogP) is 2.91. The standard InChI is InChI=1S/C18H30ClN3O2S/c19-16-8-10-18(11-9-16)25(23,24)22-13-5-4-12-20-14-15-21-17-6-2-1-3-7-17/h8-11,17,20-22H,1-7,12-15H2. The summed E-state index contributed by atoms with van der Waals surface area (Å²) < 4.78 is 26.8. The average Bonchev–Trinajstić information content (AvgIpc) is 2.61. The first-order valence-corrected chi connectivity index (χ1v) is 11.1. The highest BCUT2D eigenvalue weighted by Crippen LogP contribution is 2.17. The van der Waals surface area contributed by atoms with Crippen molar-refractivity contribution in [3.8, 4) is 0 Å². The molecule has 7 heteroatoms. The SMILES string of the molecule is O=S(=O)(NCCCCNCCNC1CCCCC1)c1ccc(Cl)cc1. The minimum absolute atomic E-state index is 0.254. The molecule has 5 nitrogen and oxygen atoms in total. The van der Waals surface area contributed by atoms with Gasteiger partial charge in [0.05, 0.1) is 4.90 Å². The van der Waals surface area contributed by atoms with Crippen molar-refractivity contribution >= 4 is 21.6 Å². The molecular formula is C18H30ClN3O2S. The Kier molecular flexibility index (Phi) is 9.20. The van der Waals surface area contributed by atoms with Crippen molar-refractivity contribution in [2.24, 2.45) is 0 Å². The van der Waals surface area contributed by atoms with Gasteiger partial charge in [-0.1, -0.05) is 30.9 Å². The molecule has 1 aliphatic carbocycles. The zero-order valence-corrected chi connectivity index (χ0v) is 16.3. The summed E-state index contributed by atoms with van der Waals surface area (Å²) in [4.78, 5) is 0.254. The Labute approximate surface area is 157 Å². The largest absolute Gasteiger partial charge is 0.315 e. The van der Waals surface area contributed by atoms with Crippen LogP contribution in [0.25, 0.3) is 0 Å². The molecule has 0 aliphatic heterocycles. The zero-order chi connectivity index (χ0) is 18.0. The lowest BCUT2D eigenvalue weighted by molar-refractivity contribution is 0.372. The number of hydrogen-bond donors (Lipinski definition) is 3. The molecule has 0 aromatic heterocycles. The molecule has 25 heavy (non-hydrogen) atoms. The monoisotopic (exact) mass is 387 g/mol. The van der Waals surface area contributed by atoms with E-state index in [4.69, 9.17) is 11.6 Å². The molecule has 0 heterocycles. The lowest BCUT2D eigenvalue weighted by atomic mass is 9.95. The lowest BCUT2D eigenvalue weighted by Crippen LogP contribution is -2.36. The fourth-order valence-electron chi connectivity index (χ4n) is 3.08. The molecule has 2 rings (SSSR count). The highest BCUT2D eigenvalue weighted by atomic mass is 35.5. The number of sulfonamides is 1. The molecule has 1 fully saturated rings. The van der Waals surface area contributed by atoms with Gasteiger partial charge in [-0.25, -0.2) is 13.1 Å². The average molecular weight is 388 g/mol. The Morgan fingerprint density at radius 3 is 2.32 bits per heavy atom. The molecule has 142 valence electrons. The van der Waals surface area contributed by atoms with E-state index in [0.717, 1.165) is 32.5 Å². The molecule has 0 bridgehead atoms. The van der Waals surface area contributed by atoms with Crippen LogP contribution < -0.4 is 15.4 Å². The number of benzene rings is 1. The highest BCUT2D eigenvalue weighted by Gasteiger charge is 2.13. The van der Waals surface area contributed by atoms with Gasteiger partial charge in [-0.3, -0.25) is 0 Å². The Morgan fingerprint density at radius 2 is 1.60 bits per heavy atom. The summed E-state index contributed by atoms with van der Waals surface area (Å²) >= 11 is 5.78. The van der Waals surface area contributed by atoms with E-state index in [1.807, 2.05) is 0 Å². The molecule has 3 N–H and O–H groups in total. The molecule has 0 spiro atoms. The molecule has 1 aromatic carbocycles. The summed E-state index contributed by atoms with van der Waals surface area (Å²) in [6.07, 6.45) is 8.50. The summed E-state index contributed by atoms with van der Waals surface area (Å²) in [6.45, 7) is 3.34. The van der Waals surface area contributed by atoms with E-state index >= 15 is 0 Å². The first kappa shape index (κ1) is 20.6. The molecular weight excluding hydrogens is 358 g/mol. The maximum Gasteiger partial charge on any atom is 0.240 e.